The molecule has 1 rings (SSSR count). The number of halogens is 1. The molecule has 0 spiro atoms. The van der Waals surface area contributed by atoms with Crippen LogP contribution in [0.4, 0.5) is 4.39 Å². The normalized spacial score (nSPS) is 12.9. The molecule has 3 heteroatoms. The van der Waals surface area contributed by atoms with Crippen molar-refractivity contribution < 1.29 is 4.39 Å². The topological polar surface area (TPSA) is 38.9 Å². The number of hydrogen-bond donors (Lipinski definition) is 1. The second-order valence-corrected chi connectivity index (χ2v) is 2.79. The number of nitrogens with zero attached hydrogens (tertiary/aromatic N) is 1. The van der Waals surface area contributed by atoms with Crippen molar-refractivity contribution in [2.24, 2.45) is 5.73 Å². The Kier molecular flexibility index (Phi) is 3.17. The average molecular weight is 168 g/mol. The van der Waals surface area contributed by atoms with Crippen LogP contribution in [0.15, 0.2) is 18.2 Å². The minimum atomic E-state index is -0.392. The Morgan fingerprint density at radius 2 is 2.33 bits per heavy atom. The van der Waals surface area contributed by atoms with Crippen LogP contribution in [0.25, 0.3) is 0 Å². The molecule has 0 radical (unpaired) electrons. The molecule has 0 unspecified atom stereocenters. The standard InChI is InChI=1S/C9H13FN2/c1-7-3-2-4-9(12-7)8(11)5-6-10/h2-4,8H,5-6,11H2,1H3/t8-/m1/s1. The van der Waals surface area contributed by atoms with Gasteiger partial charge in [-0.3, -0.25) is 9.37 Å². The molecule has 1 aromatic heterocycles. The molecule has 1 heterocycles. The first-order valence-electron chi connectivity index (χ1n) is 3.99. The van der Waals surface area contributed by atoms with E-state index < -0.39 is 6.67 Å². The second-order valence-electron chi connectivity index (χ2n) is 2.79. The van der Waals surface area contributed by atoms with Gasteiger partial charge in [-0.2, -0.15) is 0 Å². The predicted molar refractivity (Wildman–Crippen MR) is 46.5 cm³/mol. The van der Waals surface area contributed by atoms with E-state index >= 15 is 0 Å². The van der Waals surface area contributed by atoms with Crippen molar-refractivity contribution in [2.75, 3.05) is 6.67 Å². The van der Waals surface area contributed by atoms with Crippen LogP contribution in [0.3, 0.4) is 0 Å². The smallest absolute Gasteiger partial charge is 0.0913 e. The molecule has 12 heavy (non-hydrogen) atoms. The lowest BCUT2D eigenvalue weighted by molar-refractivity contribution is 0.438. The minimum Gasteiger partial charge on any atom is -0.323 e. The van der Waals surface area contributed by atoms with Crippen LogP contribution in [0, 0.1) is 6.92 Å². The van der Waals surface area contributed by atoms with Crippen LogP contribution in [0.2, 0.25) is 0 Å². The summed E-state index contributed by atoms with van der Waals surface area (Å²) in [5, 5.41) is 0. The minimum absolute atomic E-state index is 0.269. The summed E-state index contributed by atoms with van der Waals surface area (Å²) in [6, 6.07) is 5.34. The second kappa shape index (κ2) is 4.16. The number of pyridine rings is 1. The molecule has 0 aliphatic heterocycles. The van der Waals surface area contributed by atoms with Gasteiger partial charge < -0.3 is 5.73 Å². The maximum Gasteiger partial charge on any atom is 0.0913 e. The van der Waals surface area contributed by atoms with Crippen molar-refractivity contribution in [1.82, 2.24) is 4.98 Å². The summed E-state index contributed by atoms with van der Waals surface area (Å²) in [5.41, 5.74) is 7.36. The largest absolute Gasteiger partial charge is 0.323 e. The first-order chi connectivity index (χ1) is 5.74. The van der Waals surface area contributed by atoms with Crippen molar-refractivity contribution in [3.05, 3.63) is 29.6 Å². The molecule has 0 bridgehead atoms. The monoisotopic (exact) mass is 168 g/mol. The van der Waals surface area contributed by atoms with Crippen LogP contribution in [0.5, 0.6) is 0 Å². The predicted octanol–water partition coefficient (Wildman–Crippen LogP) is 1.75. The lowest BCUT2D eigenvalue weighted by Crippen LogP contribution is -2.12. The highest BCUT2D eigenvalue weighted by atomic mass is 19.1. The highest BCUT2D eigenvalue weighted by Gasteiger charge is 2.05. The Bertz CT molecular complexity index is 250. The molecule has 0 saturated heterocycles. The van der Waals surface area contributed by atoms with E-state index in [1.54, 1.807) is 0 Å². The number of rotatable bonds is 3. The number of aryl methyl sites for hydroxylation is 1. The maximum atomic E-state index is 11.9. The summed E-state index contributed by atoms with van der Waals surface area (Å²) in [4.78, 5) is 4.20. The van der Waals surface area contributed by atoms with Crippen molar-refractivity contribution in [2.45, 2.75) is 19.4 Å². The van der Waals surface area contributed by atoms with Gasteiger partial charge in [0.2, 0.25) is 0 Å². The van der Waals surface area contributed by atoms with Gasteiger partial charge in [0, 0.05) is 11.7 Å². The lowest BCUT2D eigenvalue weighted by Gasteiger charge is -2.08. The van der Waals surface area contributed by atoms with Crippen LogP contribution in [0.1, 0.15) is 23.9 Å². The van der Waals surface area contributed by atoms with Gasteiger partial charge in [-0.1, -0.05) is 6.07 Å². The third-order valence-electron chi connectivity index (χ3n) is 1.71. The van der Waals surface area contributed by atoms with Gasteiger partial charge in [0.1, 0.15) is 0 Å². The van der Waals surface area contributed by atoms with Crippen molar-refractivity contribution >= 4 is 0 Å². The van der Waals surface area contributed by atoms with Gasteiger partial charge in [0.05, 0.1) is 12.4 Å². The molecule has 2 N–H and O–H groups in total. The molecule has 2 nitrogen and oxygen atoms in total. The van der Waals surface area contributed by atoms with Gasteiger partial charge in [-0.05, 0) is 25.5 Å². The summed E-state index contributed by atoms with van der Waals surface area (Å²) in [6.07, 6.45) is 0.344. The molecular weight excluding hydrogens is 155 g/mol. The van der Waals surface area contributed by atoms with Crippen molar-refractivity contribution in [1.29, 1.82) is 0 Å². The summed E-state index contributed by atoms with van der Waals surface area (Å²) in [5.74, 6) is 0. The zero-order valence-electron chi connectivity index (χ0n) is 7.13. The molecule has 0 aromatic carbocycles. The fourth-order valence-electron chi connectivity index (χ4n) is 1.04. The summed E-state index contributed by atoms with van der Waals surface area (Å²) >= 11 is 0. The Hall–Kier alpha value is -0.960. The highest BCUT2D eigenvalue weighted by molar-refractivity contribution is 5.12. The fraction of sp³-hybridized carbons (Fsp3) is 0.444. The van der Waals surface area contributed by atoms with E-state index in [1.165, 1.54) is 0 Å². The Balaban J connectivity index is 2.73. The lowest BCUT2D eigenvalue weighted by atomic mass is 10.1. The Morgan fingerprint density at radius 1 is 1.58 bits per heavy atom. The first kappa shape index (κ1) is 9.13. The third kappa shape index (κ3) is 2.27. The van der Waals surface area contributed by atoms with Gasteiger partial charge in [0.15, 0.2) is 0 Å². The van der Waals surface area contributed by atoms with Crippen LogP contribution >= 0.6 is 0 Å². The number of aromatic nitrogens is 1. The molecule has 1 aromatic rings. The molecule has 0 fully saturated rings. The number of alkyl halides is 1. The molecule has 0 aliphatic rings. The number of hydrogen-bond acceptors (Lipinski definition) is 2. The SMILES string of the molecule is Cc1cccc([C@H](N)CCF)n1. The van der Waals surface area contributed by atoms with E-state index in [4.69, 9.17) is 5.73 Å². The van der Waals surface area contributed by atoms with Crippen molar-refractivity contribution in [3.8, 4) is 0 Å². The van der Waals surface area contributed by atoms with E-state index in [2.05, 4.69) is 4.98 Å². The quantitative estimate of drug-likeness (QED) is 0.746. The highest BCUT2D eigenvalue weighted by Crippen LogP contribution is 2.11. The molecule has 0 amide bonds. The van der Waals surface area contributed by atoms with Crippen LogP contribution in [-0.4, -0.2) is 11.7 Å². The average Bonchev–Trinajstić information content (AvgIpc) is 2.05. The van der Waals surface area contributed by atoms with Gasteiger partial charge in [0.25, 0.3) is 0 Å². The summed E-state index contributed by atoms with van der Waals surface area (Å²) < 4.78 is 11.9. The van der Waals surface area contributed by atoms with Crippen LogP contribution in [-0.2, 0) is 0 Å². The van der Waals surface area contributed by atoms with E-state index in [-0.39, 0.29) is 6.04 Å². The van der Waals surface area contributed by atoms with Crippen LogP contribution < -0.4 is 5.73 Å². The van der Waals surface area contributed by atoms with E-state index in [0.29, 0.717) is 6.42 Å². The van der Waals surface area contributed by atoms with Gasteiger partial charge >= 0.3 is 0 Å². The Labute approximate surface area is 71.6 Å². The van der Waals surface area contributed by atoms with E-state index in [9.17, 15) is 4.39 Å². The molecule has 1 atom stereocenters. The molecule has 66 valence electrons. The molecule has 0 aliphatic carbocycles. The number of nitrogens with two attached hydrogens (primary N) is 1. The van der Waals surface area contributed by atoms with Gasteiger partial charge in [-0.15, -0.1) is 0 Å². The summed E-state index contributed by atoms with van der Waals surface area (Å²) in [6.45, 7) is 1.50. The zero-order chi connectivity index (χ0) is 8.97. The fourth-order valence-corrected chi connectivity index (χ4v) is 1.04. The maximum absolute atomic E-state index is 11.9. The first-order valence-corrected chi connectivity index (χ1v) is 3.99. The zero-order valence-corrected chi connectivity index (χ0v) is 7.13. The van der Waals surface area contributed by atoms with E-state index in [0.717, 1.165) is 11.4 Å². The summed E-state index contributed by atoms with van der Waals surface area (Å²) in [7, 11) is 0. The molecule has 0 saturated carbocycles. The van der Waals surface area contributed by atoms with Crippen molar-refractivity contribution in [3.63, 3.8) is 0 Å². The Morgan fingerprint density at radius 3 is 2.92 bits per heavy atom. The van der Waals surface area contributed by atoms with E-state index in [1.807, 2.05) is 25.1 Å². The third-order valence-corrected chi connectivity index (χ3v) is 1.71. The molecular formula is C9H13FN2. The van der Waals surface area contributed by atoms with Gasteiger partial charge in [-0.25, -0.2) is 0 Å².